The number of hydrogen-bond donors (Lipinski definition) is 2. The van der Waals surface area contributed by atoms with E-state index in [9.17, 15) is 9.59 Å². The fourth-order valence-electron chi connectivity index (χ4n) is 0.380. The average Bonchev–Trinajstić information content (AvgIpc) is 2.09. The van der Waals surface area contributed by atoms with Gasteiger partial charge in [0.2, 0.25) is 11.8 Å². The van der Waals surface area contributed by atoms with Crippen molar-refractivity contribution in [2.45, 2.75) is 20.8 Å². The van der Waals surface area contributed by atoms with Crippen LogP contribution in [-0.2, 0) is 23.4 Å². The van der Waals surface area contributed by atoms with Crippen molar-refractivity contribution in [3.8, 4) is 0 Å². The highest BCUT2D eigenvalue weighted by atomic mass is 31.2. The Morgan fingerprint density at radius 3 is 1.86 bits per heavy atom. The van der Waals surface area contributed by atoms with Crippen molar-refractivity contribution in [3.05, 3.63) is 0 Å². The van der Waals surface area contributed by atoms with Gasteiger partial charge in [-0.25, -0.2) is 11.0 Å². The minimum atomic E-state index is -1.79. The van der Waals surface area contributed by atoms with E-state index in [0.29, 0.717) is 6.61 Å². The van der Waals surface area contributed by atoms with Gasteiger partial charge in [-0.1, -0.05) is 0 Å². The first-order valence-electron chi connectivity index (χ1n) is 3.86. The molecule has 82 valence electrons. The number of nitrogens with one attached hydrogen (secondary N) is 2. The normalized spacial score (nSPS) is 10.0. The predicted molar refractivity (Wildman–Crippen MR) is 48.3 cm³/mol. The molecule has 7 nitrogen and oxygen atoms in total. The Balaban J connectivity index is 3.76. The lowest BCUT2D eigenvalue weighted by atomic mass is 10.8. The lowest BCUT2D eigenvalue weighted by Crippen LogP contribution is -2.23. The minimum absolute atomic E-state index is 0.338. The third kappa shape index (κ3) is 7.88. The third-order valence-electron chi connectivity index (χ3n) is 0.762. The van der Waals surface area contributed by atoms with E-state index in [1.54, 1.807) is 6.92 Å². The van der Waals surface area contributed by atoms with Crippen LogP contribution in [0, 0.1) is 0 Å². The molecule has 0 rings (SSSR count). The van der Waals surface area contributed by atoms with E-state index in [0.717, 1.165) is 0 Å². The summed E-state index contributed by atoms with van der Waals surface area (Å²) >= 11 is 0. The lowest BCUT2D eigenvalue weighted by Gasteiger charge is -2.13. The van der Waals surface area contributed by atoms with Crippen LogP contribution >= 0.6 is 8.60 Å². The van der Waals surface area contributed by atoms with E-state index < -0.39 is 8.60 Å². The second kappa shape index (κ2) is 7.64. The summed E-state index contributed by atoms with van der Waals surface area (Å²) in [5.41, 5.74) is 4.09. The summed E-state index contributed by atoms with van der Waals surface area (Å²) in [6.45, 7) is 4.62. The van der Waals surface area contributed by atoms with Crippen LogP contribution < -0.4 is 11.0 Å². The fraction of sp³-hybridized carbons (Fsp3) is 0.667. The average molecular weight is 224 g/mol. The van der Waals surface area contributed by atoms with Gasteiger partial charge in [0.05, 0.1) is 6.61 Å². The molecule has 0 radical (unpaired) electrons. The second-order valence-electron chi connectivity index (χ2n) is 2.14. The van der Waals surface area contributed by atoms with Crippen LogP contribution in [0.25, 0.3) is 0 Å². The first-order chi connectivity index (χ1) is 6.56. The SMILES string of the molecule is CCOP(ONC(C)=O)ONC(C)=O. The van der Waals surface area contributed by atoms with Crippen LogP contribution in [0.1, 0.15) is 20.8 Å². The first kappa shape index (κ1) is 13.2. The smallest absolute Gasteiger partial charge is 0.310 e. The van der Waals surface area contributed by atoms with Gasteiger partial charge < -0.3 is 4.52 Å². The molecule has 14 heavy (non-hydrogen) atoms. The molecular formula is C6H13N2O5P. The quantitative estimate of drug-likeness (QED) is 0.503. The largest absolute Gasteiger partial charge is 0.379 e. The Kier molecular flexibility index (Phi) is 7.23. The highest BCUT2D eigenvalue weighted by Gasteiger charge is 2.14. The minimum Gasteiger partial charge on any atom is -0.310 e. The van der Waals surface area contributed by atoms with E-state index in [4.69, 9.17) is 13.8 Å². The predicted octanol–water partition coefficient (Wildman–Crippen LogP) is 0.385. The summed E-state index contributed by atoms with van der Waals surface area (Å²) in [5, 5.41) is 0. The summed E-state index contributed by atoms with van der Waals surface area (Å²) in [4.78, 5) is 20.9. The zero-order valence-electron chi connectivity index (χ0n) is 8.20. The van der Waals surface area contributed by atoms with Crippen molar-refractivity contribution in [2.75, 3.05) is 6.61 Å². The Hall–Kier alpha value is -0.750. The van der Waals surface area contributed by atoms with Crippen LogP contribution in [-0.4, -0.2) is 18.4 Å². The van der Waals surface area contributed by atoms with Crippen LogP contribution in [0.4, 0.5) is 0 Å². The zero-order chi connectivity index (χ0) is 11.0. The maximum Gasteiger partial charge on any atom is 0.379 e. The molecule has 0 aromatic heterocycles. The molecule has 0 aliphatic carbocycles. The van der Waals surface area contributed by atoms with E-state index in [1.165, 1.54) is 13.8 Å². The maximum atomic E-state index is 10.5. The Labute approximate surface area is 83.0 Å². The molecule has 0 aliphatic heterocycles. The van der Waals surface area contributed by atoms with Crippen molar-refractivity contribution < 1.29 is 23.4 Å². The highest BCUT2D eigenvalue weighted by Crippen LogP contribution is 2.36. The molecule has 0 fully saturated rings. The summed E-state index contributed by atoms with van der Waals surface area (Å²) in [7, 11) is -1.79. The van der Waals surface area contributed by atoms with Crippen molar-refractivity contribution in [2.24, 2.45) is 0 Å². The molecule has 8 heteroatoms. The van der Waals surface area contributed by atoms with Gasteiger partial charge >= 0.3 is 8.60 Å². The molecule has 0 atom stereocenters. The van der Waals surface area contributed by atoms with E-state index in [-0.39, 0.29) is 11.8 Å². The lowest BCUT2D eigenvalue weighted by molar-refractivity contribution is -0.128. The fourth-order valence-corrected chi connectivity index (χ4v) is 1.14. The molecule has 0 unspecified atom stereocenters. The molecule has 0 saturated heterocycles. The van der Waals surface area contributed by atoms with Crippen molar-refractivity contribution >= 4 is 20.4 Å². The molecule has 0 spiro atoms. The van der Waals surface area contributed by atoms with Gasteiger partial charge in [-0.2, -0.15) is 9.25 Å². The summed E-state index contributed by atoms with van der Waals surface area (Å²) in [5.74, 6) is -0.771. The molecule has 0 aromatic carbocycles. The van der Waals surface area contributed by atoms with Crippen LogP contribution in [0.15, 0.2) is 0 Å². The van der Waals surface area contributed by atoms with Gasteiger partial charge in [0.25, 0.3) is 0 Å². The maximum absolute atomic E-state index is 10.5. The van der Waals surface area contributed by atoms with Crippen LogP contribution in [0.5, 0.6) is 0 Å². The standard InChI is InChI=1S/C6H13N2O5P/c1-4-11-14(12-7-5(2)9)13-8-6(3)10/h4H2,1-3H3,(H,7,9)(H,8,10). The topological polar surface area (TPSA) is 85.9 Å². The second-order valence-corrected chi connectivity index (χ2v) is 3.21. The van der Waals surface area contributed by atoms with Gasteiger partial charge in [-0.15, -0.1) is 0 Å². The summed E-state index contributed by atoms with van der Waals surface area (Å²) in [6.07, 6.45) is 0. The monoisotopic (exact) mass is 224 g/mol. The number of hydrogen-bond acceptors (Lipinski definition) is 5. The van der Waals surface area contributed by atoms with Gasteiger partial charge in [0.15, 0.2) is 0 Å². The molecule has 0 saturated carbocycles. The summed E-state index contributed by atoms with van der Waals surface area (Å²) in [6, 6.07) is 0. The van der Waals surface area contributed by atoms with Crippen LogP contribution in [0.3, 0.4) is 0 Å². The number of amides is 2. The van der Waals surface area contributed by atoms with E-state index >= 15 is 0 Å². The van der Waals surface area contributed by atoms with E-state index in [1.807, 2.05) is 11.0 Å². The van der Waals surface area contributed by atoms with Gasteiger partial charge in [0, 0.05) is 13.8 Å². The molecule has 0 bridgehead atoms. The first-order valence-corrected chi connectivity index (χ1v) is 4.96. The number of hydroxylamine groups is 2. The summed E-state index contributed by atoms with van der Waals surface area (Å²) < 4.78 is 14.3. The van der Waals surface area contributed by atoms with Gasteiger partial charge in [-0.05, 0) is 6.92 Å². The van der Waals surface area contributed by atoms with Crippen molar-refractivity contribution in [1.82, 2.24) is 11.0 Å². The van der Waals surface area contributed by atoms with Gasteiger partial charge in [-0.3, -0.25) is 9.59 Å². The van der Waals surface area contributed by atoms with Gasteiger partial charge in [0.1, 0.15) is 0 Å². The Morgan fingerprint density at radius 2 is 1.57 bits per heavy atom. The van der Waals surface area contributed by atoms with Crippen LogP contribution in [0.2, 0.25) is 0 Å². The third-order valence-corrected chi connectivity index (χ3v) is 1.71. The number of carbonyl (C=O) groups excluding carboxylic acids is 2. The molecule has 2 amide bonds. The van der Waals surface area contributed by atoms with E-state index in [2.05, 4.69) is 0 Å². The van der Waals surface area contributed by atoms with Crippen molar-refractivity contribution in [1.29, 1.82) is 0 Å². The molecule has 0 aliphatic rings. The molecule has 0 aromatic rings. The Bertz CT molecular complexity index is 183. The number of carbonyl (C=O) groups is 2. The zero-order valence-corrected chi connectivity index (χ0v) is 9.09. The number of rotatable bonds is 6. The van der Waals surface area contributed by atoms with Crippen molar-refractivity contribution in [3.63, 3.8) is 0 Å². The molecular weight excluding hydrogens is 211 g/mol. The molecule has 0 heterocycles. The Morgan fingerprint density at radius 1 is 1.14 bits per heavy atom. The molecule has 2 N–H and O–H groups in total. The highest BCUT2D eigenvalue weighted by molar-refractivity contribution is 7.41.